The van der Waals surface area contributed by atoms with Gasteiger partial charge >= 0.3 is 0 Å². The predicted molar refractivity (Wildman–Crippen MR) is 105 cm³/mol. The second-order valence-electron chi connectivity index (χ2n) is 4.88. The Morgan fingerprint density at radius 1 is 1.09 bits per heavy atom. The summed E-state index contributed by atoms with van der Waals surface area (Å²) in [6.45, 7) is 1.10. The molecule has 0 bridgehead atoms. The molecule has 0 aliphatic rings. The van der Waals surface area contributed by atoms with Crippen molar-refractivity contribution in [2.75, 3.05) is 13.1 Å². The molecule has 23 heavy (non-hydrogen) atoms. The Morgan fingerprint density at radius 2 is 1.83 bits per heavy atom. The normalized spacial score (nSPS) is 11.0. The van der Waals surface area contributed by atoms with E-state index in [4.69, 9.17) is 17.3 Å². The van der Waals surface area contributed by atoms with Gasteiger partial charge in [-0.2, -0.15) is 0 Å². The zero-order valence-corrected chi connectivity index (χ0v) is 15.7. The van der Waals surface area contributed by atoms with Gasteiger partial charge in [-0.1, -0.05) is 48.0 Å². The summed E-state index contributed by atoms with van der Waals surface area (Å²) in [7, 11) is 0. The minimum Gasteiger partial charge on any atom is -0.370 e. The zero-order chi connectivity index (χ0) is 15.8. The van der Waals surface area contributed by atoms with Gasteiger partial charge < -0.3 is 11.1 Å². The van der Waals surface area contributed by atoms with Gasteiger partial charge in [0, 0.05) is 23.7 Å². The Bertz CT molecular complexity index is 615. The first-order valence-electron chi connectivity index (χ1n) is 7.17. The van der Waals surface area contributed by atoms with E-state index in [0.29, 0.717) is 36.1 Å². The second kappa shape index (κ2) is 10.4. The Kier molecular flexibility index (Phi) is 8.94. The van der Waals surface area contributed by atoms with E-state index in [2.05, 4.69) is 22.4 Å². The monoisotopic (exact) mass is 447 g/mol. The van der Waals surface area contributed by atoms with Crippen LogP contribution in [0.2, 0.25) is 5.02 Å². The van der Waals surface area contributed by atoms with E-state index < -0.39 is 0 Å². The number of halogens is 3. The standard InChI is InChI=1S/C17H19ClFN3.HI/c18-15-7-4-8-16(19)14(15)10-12-22-17(20)21-11-9-13-5-2-1-3-6-13;/h1-8H,9-12H2,(H3,20,21,22);1H. The van der Waals surface area contributed by atoms with Crippen molar-refractivity contribution >= 4 is 41.5 Å². The highest BCUT2D eigenvalue weighted by Crippen LogP contribution is 2.19. The molecule has 0 aliphatic carbocycles. The summed E-state index contributed by atoms with van der Waals surface area (Å²) in [5.74, 6) is 0.0571. The molecule has 3 nitrogen and oxygen atoms in total. The molecular formula is C17H20ClFIN3. The average Bonchev–Trinajstić information content (AvgIpc) is 2.51. The summed E-state index contributed by atoms with van der Waals surface area (Å²) in [5.41, 5.74) is 7.50. The SMILES string of the molecule is I.NC(=NCCc1c(F)cccc1Cl)NCCc1ccccc1. The largest absolute Gasteiger partial charge is 0.370 e. The van der Waals surface area contributed by atoms with Gasteiger partial charge in [0.1, 0.15) is 5.82 Å². The van der Waals surface area contributed by atoms with Crippen molar-refractivity contribution in [2.24, 2.45) is 10.7 Å². The number of guanidine groups is 1. The van der Waals surface area contributed by atoms with Crippen LogP contribution >= 0.6 is 35.6 Å². The number of nitrogens with one attached hydrogen (secondary N) is 1. The highest BCUT2D eigenvalue weighted by molar-refractivity contribution is 14.0. The van der Waals surface area contributed by atoms with Gasteiger partial charge in [-0.15, -0.1) is 24.0 Å². The quantitative estimate of drug-likeness (QED) is 0.402. The van der Waals surface area contributed by atoms with Crippen molar-refractivity contribution in [1.82, 2.24) is 5.32 Å². The van der Waals surface area contributed by atoms with Gasteiger partial charge in [0.2, 0.25) is 0 Å². The van der Waals surface area contributed by atoms with Crippen LogP contribution in [0.25, 0.3) is 0 Å². The number of rotatable bonds is 6. The van der Waals surface area contributed by atoms with Gasteiger partial charge in [0.05, 0.1) is 0 Å². The van der Waals surface area contributed by atoms with Crippen LogP contribution in [0.4, 0.5) is 4.39 Å². The molecule has 2 aromatic rings. The van der Waals surface area contributed by atoms with Gasteiger partial charge in [-0.3, -0.25) is 4.99 Å². The first-order valence-corrected chi connectivity index (χ1v) is 7.55. The summed E-state index contributed by atoms with van der Waals surface area (Å²) in [4.78, 5) is 4.19. The van der Waals surface area contributed by atoms with Gasteiger partial charge in [-0.25, -0.2) is 4.39 Å². The number of nitrogens with zero attached hydrogens (tertiary/aromatic N) is 1. The zero-order valence-electron chi connectivity index (χ0n) is 12.6. The molecule has 0 radical (unpaired) electrons. The molecule has 6 heteroatoms. The summed E-state index contributed by atoms with van der Waals surface area (Å²) < 4.78 is 13.6. The molecule has 0 aliphatic heterocycles. The van der Waals surface area contributed by atoms with Crippen molar-refractivity contribution in [3.05, 3.63) is 70.5 Å². The lowest BCUT2D eigenvalue weighted by Gasteiger charge is -2.07. The molecule has 124 valence electrons. The van der Waals surface area contributed by atoms with E-state index >= 15 is 0 Å². The van der Waals surface area contributed by atoms with Crippen LogP contribution in [-0.2, 0) is 12.8 Å². The molecule has 0 spiro atoms. The summed E-state index contributed by atoms with van der Waals surface area (Å²) >= 11 is 5.96. The third kappa shape index (κ3) is 6.74. The van der Waals surface area contributed by atoms with Crippen LogP contribution in [0.5, 0.6) is 0 Å². The fourth-order valence-electron chi connectivity index (χ4n) is 2.09. The molecule has 0 aromatic heterocycles. The molecule has 0 saturated heterocycles. The van der Waals surface area contributed by atoms with E-state index in [9.17, 15) is 4.39 Å². The van der Waals surface area contributed by atoms with Crippen LogP contribution in [0.1, 0.15) is 11.1 Å². The van der Waals surface area contributed by atoms with E-state index in [1.807, 2.05) is 18.2 Å². The molecule has 2 aromatic carbocycles. The molecule has 0 saturated carbocycles. The average molecular weight is 448 g/mol. The van der Waals surface area contributed by atoms with Gasteiger partial charge in [0.25, 0.3) is 0 Å². The number of hydrogen-bond donors (Lipinski definition) is 2. The van der Waals surface area contributed by atoms with Crippen molar-refractivity contribution in [1.29, 1.82) is 0 Å². The third-order valence-electron chi connectivity index (χ3n) is 3.27. The van der Waals surface area contributed by atoms with Crippen LogP contribution in [-0.4, -0.2) is 19.0 Å². The van der Waals surface area contributed by atoms with Crippen LogP contribution in [0.3, 0.4) is 0 Å². The fraction of sp³-hybridized carbons (Fsp3) is 0.235. The van der Waals surface area contributed by atoms with Crippen LogP contribution < -0.4 is 11.1 Å². The minimum atomic E-state index is -0.307. The molecule has 0 atom stereocenters. The van der Waals surface area contributed by atoms with E-state index in [0.717, 1.165) is 6.42 Å². The molecule has 0 heterocycles. The van der Waals surface area contributed by atoms with Crippen molar-refractivity contribution < 1.29 is 4.39 Å². The molecular weight excluding hydrogens is 428 g/mol. The highest BCUT2D eigenvalue weighted by atomic mass is 127. The van der Waals surface area contributed by atoms with Gasteiger partial charge in [-0.05, 0) is 30.5 Å². The van der Waals surface area contributed by atoms with E-state index in [1.54, 1.807) is 12.1 Å². The molecule has 2 rings (SSSR count). The first-order chi connectivity index (χ1) is 10.7. The maximum atomic E-state index is 13.6. The van der Waals surface area contributed by atoms with E-state index in [1.165, 1.54) is 11.6 Å². The summed E-state index contributed by atoms with van der Waals surface area (Å²) in [5, 5.41) is 3.47. The van der Waals surface area contributed by atoms with Gasteiger partial charge in [0.15, 0.2) is 5.96 Å². The Balaban J connectivity index is 0.00000264. The first kappa shape index (κ1) is 19.7. The molecule has 0 fully saturated rings. The van der Waals surface area contributed by atoms with Crippen molar-refractivity contribution in [2.45, 2.75) is 12.8 Å². The number of hydrogen-bond acceptors (Lipinski definition) is 1. The topological polar surface area (TPSA) is 50.4 Å². The maximum absolute atomic E-state index is 13.6. The van der Waals surface area contributed by atoms with E-state index in [-0.39, 0.29) is 29.8 Å². The Labute approximate surface area is 158 Å². The number of aliphatic imine (C=N–C) groups is 1. The van der Waals surface area contributed by atoms with Crippen LogP contribution in [0, 0.1) is 5.82 Å². The predicted octanol–water partition coefficient (Wildman–Crippen LogP) is 3.79. The number of benzene rings is 2. The molecule has 0 unspecified atom stereocenters. The smallest absolute Gasteiger partial charge is 0.188 e. The maximum Gasteiger partial charge on any atom is 0.188 e. The fourth-order valence-corrected chi connectivity index (χ4v) is 2.35. The lowest BCUT2D eigenvalue weighted by Crippen LogP contribution is -2.33. The van der Waals surface area contributed by atoms with Crippen LogP contribution in [0.15, 0.2) is 53.5 Å². The van der Waals surface area contributed by atoms with Crippen molar-refractivity contribution in [3.8, 4) is 0 Å². The third-order valence-corrected chi connectivity index (χ3v) is 3.62. The Morgan fingerprint density at radius 3 is 2.52 bits per heavy atom. The second-order valence-corrected chi connectivity index (χ2v) is 5.29. The summed E-state index contributed by atoms with van der Waals surface area (Å²) in [6, 6.07) is 14.8. The minimum absolute atomic E-state index is 0. The lowest BCUT2D eigenvalue weighted by molar-refractivity contribution is 0.609. The molecule has 3 N–H and O–H groups in total. The summed E-state index contributed by atoms with van der Waals surface area (Å²) in [6.07, 6.45) is 1.29. The highest BCUT2D eigenvalue weighted by Gasteiger charge is 2.05. The van der Waals surface area contributed by atoms with Crippen molar-refractivity contribution in [3.63, 3.8) is 0 Å². The molecule has 0 amide bonds. The Hall–Kier alpha value is -1.34. The lowest BCUT2D eigenvalue weighted by atomic mass is 10.1. The number of nitrogens with two attached hydrogens (primary N) is 1.